The van der Waals surface area contributed by atoms with Crippen LogP contribution in [0.4, 0.5) is 0 Å². The minimum absolute atomic E-state index is 0. The van der Waals surface area contributed by atoms with E-state index in [1.807, 2.05) is 0 Å². The summed E-state index contributed by atoms with van der Waals surface area (Å²) in [5, 5.41) is 0. The van der Waals surface area contributed by atoms with Crippen molar-refractivity contribution in [3.05, 3.63) is 35.4 Å². The van der Waals surface area contributed by atoms with Crippen LogP contribution >= 0.6 is 23.5 Å². The van der Waals surface area contributed by atoms with E-state index in [9.17, 15) is 43.1 Å². The molecule has 0 heterocycles. The molecule has 0 atom stereocenters. The number of benzene rings is 2. The monoisotopic (exact) mass is 786 g/mol. The Labute approximate surface area is 491 Å². The van der Waals surface area contributed by atoms with Gasteiger partial charge in [-0.2, -0.15) is 0 Å². The van der Waals surface area contributed by atoms with Gasteiger partial charge in [-0.25, -0.2) is 0 Å². The van der Waals surface area contributed by atoms with Gasteiger partial charge >= 0.3 is 308 Å². The Morgan fingerprint density at radius 3 is 1.39 bits per heavy atom. The number of rotatable bonds is 11. The number of phosphoric ester groups is 3. The molecule has 0 bridgehead atoms. The Morgan fingerprint density at radius 1 is 0.537 bits per heavy atom. The quantitative estimate of drug-likeness (QED) is 0.117. The van der Waals surface area contributed by atoms with Crippen molar-refractivity contribution in [3.8, 4) is 34.5 Å². The molecule has 0 aliphatic carbocycles. The third-order valence-corrected chi connectivity index (χ3v) is 5.10. The molecule has 2 rings (SSSR count). The first kappa shape index (κ1) is 57.6. The zero-order chi connectivity index (χ0) is 26.6. The van der Waals surface area contributed by atoms with Gasteiger partial charge in [0.25, 0.3) is 0 Å². The van der Waals surface area contributed by atoms with Crippen LogP contribution in [0.2, 0.25) is 0 Å². The molecule has 0 saturated heterocycles. The maximum atomic E-state index is 11.2. The van der Waals surface area contributed by atoms with Crippen molar-refractivity contribution in [1.82, 2.24) is 0 Å². The van der Waals surface area contributed by atoms with Crippen LogP contribution in [0.5, 0.6) is 34.5 Å². The van der Waals surface area contributed by atoms with Gasteiger partial charge in [0.05, 0.1) is 21.3 Å². The van der Waals surface area contributed by atoms with Crippen molar-refractivity contribution in [2.45, 2.75) is 0 Å². The largest absolute Gasteiger partial charge is 1.00 e. The normalized spacial score (nSPS) is 10.6. The van der Waals surface area contributed by atoms with Crippen molar-refractivity contribution < 1.29 is 379 Å². The van der Waals surface area contributed by atoms with E-state index < -0.39 is 46.5 Å². The molecular weight excluding hydrogens is 772 g/mol. The summed E-state index contributed by atoms with van der Waals surface area (Å²) in [6, 6.07) is 4.53. The number of hydrogen-bond acceptors (Lipinski definition) is 15. The molecule has 2 aromatic carbocycles. The topological polar surface area (TPSA) is 245 Å². The Kier molecular flexibility index (Phi) is 37.8. The molecule has 0 aliphatic heterocycles. The first-order chi connectivity index (χ1) is 16.1. The van der Waals surface area contributed by atoms with Gasteiger partial charge in [-0.15, -0.1) is 0 Å². The van der Waals surface area contributed by atoms with Crippen LogP contribution in [0.1, 0.15) is 11.1 Å². The molecule has 0 amide bonds. The van der Waals surface area contributed by atoms with E-state index in [1.165, 1.54) is 19.3 Å². The number of ether oxygens (including phenoxy) is 3. The van der Waals surface area contributed by atoms with Crippen molar-refractivity contribution in [2.75, 3.05) is 21.3 Å². The van der Waals surface area contributed by atoms with Gasteiger partial charge in [-0.1, -0.05) is 12.2 Å². The van der Waals surface area contributed by atoms with Crippen molar-refractivity contribution in [2.24, 2.45) is 0 Å². The summed E-state index contributed by atoms with van der Waals surface area (Å²) in [6.45, 7) is 0. The average molecular weight is 787 g/mol. The second-order valence-corrected chi connectivity index (χ2v) is 9.45. The van der Waals surface area contributed by atoms with Gasteiger partial charge in [0.1, 0.15) is 23.5 Å². The first-order valence-corrected chi connectivity index (χ1v) is 13.2. The fraction of sp³-hybridized carbons (Fsp3) is 0.176. The van der Waals surface area contributed by atoms with Crippen LogP contribution in [0.25, 0.3) is 12.2 Å². The predicted octanol–water partition coefficient (Wildman–Crippen LogP) is -19.5. The van der Waals surface area contributed by atoms with Crippen LogP contribution in [0.3, 0.4) is 0 Å². The Morgan fingerprint density at radius 2 is 0.976 bits per heavy atom. The number of methoxy groups -OCH3 is 3. The minimum Gasteiger partial charge on any atom is -0.780 e. The van der Waals surface area contributed by atoms with Crippen LogP contribution in [0.15, 0.2) is 24.3 Å². The molecule has 24 heteroatoms. The van der Waals surface area contributed by atoms with Crippen molar-refractivity contribution >= 4 is 35.6 Å². The zero-order valence-corrected chi connectivity index (χ0v) is 45.4. The Bertz CT molecular complexity index is 1260. The fourth-order valence-electron chi connectivity index (χ4n) is 2.68. The summed E-state index contributed by atoms with van der Waals surface area (Å²) in [6.07, 6.45) is 2.24. The van der Waals surface area contributed by atoms with Crippen LogP contribution in [-0.2, 0) is 13.7 Å². The molecule has 0 saturated carbocycles. The smallest absolute Gasteiger partial charge is 0.780 e. The van der Waals surface area contributed by atoms with Gasteiger partial charge in [-0.05, 0) is 29.8 Å². The van der Waals surface area contributed by atoms with E-state index in [1.54, 1.807) is 0 Å². The number of hydrogen-bond donors (Lipinski definition) is 0. The molecular formula is C17H15K6O15P3. The van der Waals surface area contributed by atoms with E-state index in [0.29, 0.717) is 0 Å². The molecule has 0 aliphatic rings. The van der Waals surface area contributed by atoms with E-state index in [2.05, 4.69) is 13.6 Å². The van der Waals surface area contributed by atoms with E-state index in [0.717, 1.165) is 38.5 Å². The number of phosphoric acid groups is 3. The molecule has 0 unspecified atom stereocenters. The molecule has 2 aromatic rings. The Hall–Kier alpha value is 7.25. The maximum Gasteiger partial charge on any atom is 1.00 e. The third-order valence-electron chi connectivity index (χ3n) is 3.87. The summed E-state index contributed by atoms with van der Waals surface area (Å²) in [7, 11) is -13.7. The minimum atomic E-state index is -5.81. The van der Waals surface area contributed by atoms with Crippen molar-refractivity contribution in [1.29, 1.82) is 0 Å². The fourth-order valence-corrected chi connectivity index (χ4v) is 3.86. The second kappa shape index (κ2) is 26.9. The SMILES string of the molecule is COc1cc(/C=C\c2ccc(OC)c(OP(=O)([O-])[O-])c2OP(=O)([O-])[O-])cc(OP(=O)([O-])[O-])c1OC.[K+].[K+].[K+].[K+].[K+].[K+]. The summed E-state index contributed by atoms with van der Waals surface area (Å²) in [5.41, 5.74) is -0.210. The molecule has 0 aromatic heterocycles. The molecule has 0 N–H and O–H groups in total. The third kappa shape index (κ3) is 22.0. The Balaban J connectivity index is -0.000000720. The molecule has 0 radical (unpaired) electrons. The average Bonchev–Trinajstić information content (AvgIpc) is 2.70. The van der Waals surface area contributed by atoms with Crippen LogP contribution < -0.4 is 365 Å². The van der Waals surface area contributed by atoms with Crippen LogP contribution in [0, 0.1) is 0 Å². The summed E-state index contributed by atoms with van der Waals surface area (Å²) in [4.78, 5) is 66.9. The van der Waals surface area contributed by atoms with E-state index in [-0.39, 0.29) is 331 Å². The zero-order valence-electron chi connectivity index (χ0n) is 23.9. The maximum absolute atomic E-state index is 11.2. The molecule has 0 fully saturated rings. The predicted molar refractivity (Wildman–Crippen MR) is 106 cm³/mol. The molecule has 194 valence electrons. The molecule has 41 heavy (non-hydrogen) atoms. The molecule has 0 spiro atoms. The molecule has 15 nitrogen and oxygen atoms in total. The van der Waals surface area contributed by atoms with Gasteiger partial charge in [0.15, 0.2) is 23.0 Å². The first-order valence-electron chi connectivity index (χ1n) is 8.87. The second-order valence-electron chi connectivity index (χ2n) is 6.22. The van der Waals surface area contributed by atoms with Gasteiger partial charge < -0.3 is 70.8 Å². The standard InChI is InChI=1S/C17H21O15P3.6K/c1-27-12-7-6-11(15(31-34(21,22)23)17(12)32-35(24,25)26)5-4-10-8-13(28-2)16(29-3)14(9-10)30-33(18,19)20;;;;;;/h4-9H,1-3H3,(H2,18,19,20)(H2,21,22,23)(H2,24,25,26);;;;;;/q;6*+1/p-6/b5-4-;;;;;;. The van der Waals surface area contributed by atoms with Gasteiger partial charge in [0.2, 0.25) is 11.5 Å². The summed E-state index contributed by atoms with van der Waals surface area (Å²) >= 11 is 0. The van der Waals surface area contributed by atoms with Gasteiger partial charge in [-0.3, -0.25) is 0 Å². The van der Waals surface area contributed by atoms with E-state index >= 15 is 0 Å². The summed E-state index contributed by atoms with van der Waals surface area (Å²) in [5.74, 6) is -3.30. The van der Waals surface area contributed by atoms with E-state index in [4.69, 9.17) is 14.2 Å². The van der Waals surface area contributed by atoms with Crippen LogP contribution in [-0.4, -0.2) is 21.3 Å². The van der Waals surface area contributed by atoms with Gasteiger partial charge in [0, 0.05) is 5.56 Å². The summed E-state index contributed by atoms with van der Waals surface area (Å²) < 4.78 is 61.3. The van der Waals surface area contributed by atoms with Crippen molar-refractivity contribution in [3.63, 3.8) is 0 Å².